The summed E-state index contributed by atoms with van der Waals surface area (Å²) in [6, 6.07) is 3.77. The molecule has 0 amide bonds. The molecule has 1 aromatic carbocycles. The quantitative estimate of drug-likeness (QED) is 0.770. The molecule has 0 atom stereocenters. The first-order valence-corrected chi connectivity index (χ1v) is 6.01. The highest BCUT2D eigenvalue weighted by atomic mass is 16.3. The summed E-state index contributed by atoms with van der Waals surface area (Å²) < 4.78 is 0. The van der Waals surface area contributed by atoms with Gasteiger partial charge >= 0.3 is 0 Å². The molecule has 1 aliphatic rings. The molecule has 0 saturated heterocycles. The van der Waals surface area contributed by atoms with Crippen LogP contribution in [0.3, 0.4) is 0 Å². The molecule has 1 aromatic rings. The van der Waals surface area contributed by atoms with Gasteiger partial charge in [0.25, 0.3) is 0 Å². The Morgan fingerprint density at radius 3 is 2.56 bits per heavy atom. The van der Waals surface area contributed by atoms with E-state index in [1.54, 1.807) is 6.07 Å². The first kappa shape index (κ1) is 11.2. The van der Waals surface area contributed by atoms with Gasteiger partial charge in [0.2, 0.25) is 0 Å². The Balaban J connectivity index is 2.38. The van der Waals surface area contributed by atoms with Gasteiger partial charge in [-0.05, 0) is 42.9 Å². The second-order valence-corrected chi connectivity index (χ2v) is 4.74. The molecule has 1 N–H and O–H groups in total. The van der Waals surface area contributed by atoms with Crippen molar-refractivity contribution in [2.24, 2.45) is 0 Å². The van der Waals surface area contributed by atoms with Crippen LogP contribution in [0, 0.1) is 6.92 Å². The third-order valence-corrected chi connectivity index (χ3v) is 3.49. The van der Waals surface area contributed by atoms with Gasteiger partial charge in [-0.1, -0.05) is 25.3 Å². The van der Waals surface area contributed by atoms with E-state index in [9.17, 15) is 9.90 Å². The van der Waals surface area contributed by atoms with Crippen molar-refractivity contribution in [1.82, 2.24) is 0 Å². The lowest BCUT2D eigenvalue weighted by Crippen LogP contribution is -2.06. The van der Waals surface area contributed by atoms with Gasteiger partial charge in [-0.2, -0.15) is 0 Å². The van der Waals surface area contributed by atoms with Gasteiger partial charge in [0, 0.05) is 0 Å². The smallest absolute Gasteiger partial charge is 0.153 e. The van der Waals surface area contributed by atoms with Crippen LogP contribution in [0.25, 0.3) is 0 Å². The minimum atomic E-state index is 0.201. The van der Waals surface area contributed by atoms with E-state index in [0.29, 0.717) is 11.5 Å². The molecule has 1 fully saturated rings. The van der Waals surface area contributed by atoms with Gasteiger partial charge in [0.05, 0.1) is 5.56 Å². The number of rotatable bonds is 2. The fourth-order valence-corrected chi connectivity index (χ4v) is 2.65. The molecule has 1 saturated carbocycles. The van der Waals surface area contributed by atoms with E-state index >= 15 is 0 Å². The van der Waals surface area contributed by atoms with E-state index in [-0.39, 0.29) is 5.75 Å². The molecule has 1 aliphatic carbocycles. The third-order valence-electron chi connectivity index (χ3n) is 3.49. The van der Waals surface area contributed by atoms with Crippen molar-refractivity contribution >= 4 is 6.29 Å². The maximum absolute atomic E-state index is 10.9. The van der Waals surface area contributed by atoms with Gasteiger partial charge < -0.3 is 5.11 Å². The van der Waals surface area contributed by atoms with Crippen LogP contribution >= 0.6 is 0 Å². The zero-order valence-corrected chi connectivity index (χ0v) is 9.70. The number of aromatic hydroxyl groups is 1. The Labute approximate surface area is 96.3 Å². The molecule has 0 aliphatic heterocycles. The van der Waals surface area contributed by atoms with Crippen molar-refractivity contribution in [1.29, 1.82) is 0 Å². The molecular weight excluding hydrogens is 200 g/mol. The largest absolute Gasteiger partial charge is 0.507 e. The average Bonchev–Trinajstić information content (AvgIpc) is 2.33. The van der Waals surface area contributed by atoms with Crippen molar-refractivity contribution in [3.63, 3.8) is 0 Å². The van der Waals surface area contributed by atoms with Gasteiger partial charge in [0.1, 0.15) is 5.75 Å². The number of carbonyl (C=O) groups is 1. The van der Waals surface area contributed by atoms with Crippen LogP contribution in [0.4, 0.5) is 0 Å². The van der Waals surface area contributed by atoms with Crippen molar-refractivity contribution in [2.45, 2.75) is 44.9 Å². The summed E-state index contributed by atoms with van der Waals surface area (Å²) in [4.78, 5) is 10.9. The first-order valence-electron chi connectivity index (χ1n) is 6.01. The fourth-order valence-electron chi connectivity index (χ4n) is 2.65. The zero-order valence-electron chi connectivity index (χ0n) is 9.70. The number of aryl methyl sites for hydroxylation is 1. The molecule has 86 valence electrons. The molecule has 16 heavy (non-hydrogen) atoms. The Bertz CT molecular complexity index is 390. The molecule has 0 spiro atoms. The maximum Gasteiger partial charge on any atom is 0.153 e. The second kappa shape index (κ2) is 4.69. The van der Waals surface area contributed by atoms with Gasteiger partial charge in [0.15, 0.2) is 6.29 Å². The summed E-state index contributed by atoms with van der Waals surface area (Å²) in [6.07, 6.45) is 6.77. The first-order chi connectivity index (χ1) is 7.72. The number of phenols is 1. The Kier molecular flexibility index (Phi) is 3.28. The summed E-state index contributed by atoms with van der Waals surface area (Å²) in [5, 5.41) is 10.0. The fraction of sp³-hybridized carbons (Fsp3) is 0.500. The molecule has 0 radical (unpaired) electrons. The highest BCUT2D eigenvalue weighted by Gasteiger charge is 2.20. The Hall–Kier alpha value is -1.31. The summed E-state index contributed by atoms with van der Waals surface area (Å²) in [6.45, 7) is 1.97. The van der Waals surface area contributed by atoms with Crippen molar-refractivity contribution in [2.75, 3.05) is 0 Å². The van der Waals surface area contributed by atoms with E-state index < -0.39 is 0 Å². The SMILES string of the molecule is Cc1cc(C=O)c(O)c(C2CCCCC2)c1. The van der Waals surface area contributed by atoms with Crippen LogP contribution in [0.1, 0.15) is 59.5 Å². The van der Waals surface area contributed by atoms with Crippen molar-refractivity contribution in [3.8, 4) is 5.75 Å². The van der Waals surface area contributed by atoms with Crippen LogP contribution in [0.2, 0.25) is 0 Å². The molecule has 0 unspecified atom stereocenters. The van der Waals surface area contributed by atoms with Crippen LogP contribution in [-0.4, -0.2) is 11.4 Å². The lowest BCUT2D eigenvalue weighted by Gasteiger charge is -2.23. The van der Waals surface area contributed by atoms with E-state index in [0.717, 1.165) is 30.3 Å². The van der Waals surface area contributed by atoms with Crippen LogP contribution in [0.5, 0.6) is 5.75 Å². The molecule has 2 rings (SSSR count). The summed E-state index contributed by atoms with van der Waals surface area (Å²) in [7, 11) is 0. The van der Waals surface area contributed by atoms with Crippen LogP contribution in [-0.2, 0) is 0 Å². The lowest BCUT2D eigenvalue weighted by molar-refractivity contribution is 0.112. The zero-order chi connectivity index (χ0) is 11.5. The van der Waals surface area contributed by atoms with E-state index in [1.165, 1.54) is 19.3 Å². The van der Waals surface area contributed by atoms with Gasteiger partial charge in [-0.15, -0.1) is 0 Å². The van der Waals surface area contributed by atoms with Crippen LogP contribution < -0.4 is 0 Å². The molecule has 2 nitrogen and oxygen atoms in total. The Morgan fingerprint density at radius 2 is 1.94 bits per heavy atom. The monoisotopic (exact) mass is 218 g/mol. The van der Waals surface area contributed by atoms with Crippen molar-refractivity contribution < 1.29 is 9.90 Å². The van der Waals surface area contributed by atoms with Crippen molar-refractivity contribution in [3.05, 3.63) is 28.8 Å². The third kappa shape index (κ3) is 2.11. The predicted octanol–water partition coefficient (Wildman–Crippen LogP) is 3.56. The maximum atomic E-state index is 10.9. The normalized spacial score (nSPS) is 17.3. The number of carbonyl (C=O) groups excluding carboxylic acids is 1. The molecule has 0 bridgehead atoms. The minimum Gasteiger partial charge on any atom is -0.507 e. The predicted molar refractivity (Wildman–Crippen MR) is 64.1 cm³/mol. The summed E-state index contributed by atoms with van der Waals surface area (Å²) in [5.41, 5.74) is 2.46. The lowest BCUT2D eigenvalue weighted by atomic mass is 9.82. The standard InChI is InChI=1S/C14H18O2/c1-10-7-12(9-15)14(16)13(8-10)11-5-3-2-4-6-11/h7-9,11,16H,2-6H2,1H3. The molecule has 2 heteroatoms. The minimum absolute atomic E-state index is 0.201. The summed E-state index contributed by atoms with van der Waals surface area (Å²) >= 11 is 0. The number of phenolic OH excluding ortho intramolecular Hbond substituents is 1. The molecule has 0 aromatic heterocycles. The van der Waals surface area contributed by atoms with Gasteiger partial charge in [-0.3, -0.25) is 4.79 Å². The average molecular weight is 218 g/mol. The number of benzene rings is 1. The highest BCUT2D eigenvalue weighted by molar-refractivity contribution is 5.80. The van der Waals surface area contributed by atoms with E-state index in [4.69, 9.17) is 0 Å². The van der Waals surface area contributed by atoms with E-state index in [2.05, 4.69) is 0 Å². The van der Waals surface area contributed by atoms with Gasteiger partial charge in [-0.25, -0.2) is 0 Å². The number of aldehydes is 1. The molecule has 0 heterocycles. The number of hydrogen-bond donors (Lipinski definition) is 1. The highest BCUT2D eigenvalue weighted by Crippen LogP contribution is 2.38. The topological polar surface area (TPSA) is 37.3 Å². The summed E-state index contributed by atoms with van der Waals surface area (Å²) in [5.74, 6) is 0.639. The molecular formula is C14H18O2. The van der Waals surface area contributed by atoms with E-state index in [1.807, 2.05) is 13.0 Å². The number of hydrogen-bond acceptors (Lipinski definition) is 2. The Morgan fingerprint density at radius 1 is 1.25 bits per heavy atom. The van der Waals surface area contributed by atoms with Crippen LogP contribution in [0.15, 0.2) is 12.1 Å². The second-order valence-electron chi connectivity index (χ2n) is 4.74.